The lowest BCUT2D eigenvalue weighted by molar-refractivity contribution is -0.123. The van der Waals surface area contributed by atoms with E-state index < -0.39 is 28.5 Å². The number of rotatable bonds is 7. The number of phenols is 2. The van der Waals surface area contributed by atoms with Gasteiger partial charge in [0, 0.05) is 23.9 Å². The van der Waals surface area contributed by atoms with E-state index in [9.17, 15) is 24.6 Å². The number of hydrogen-bond donors (Lipinski definition) is 3. The molecule has 9 nitrogen and oxygen atoms in total. The number of Topliss-reactive ketones (excluding diaryl/α,β-unsaturated/α-hetero) is 2. The highest BCUT2D eigenvalue weighted by Crippen LogP contribution is 2.57. The number of carbonyl (C=O) groups is 3. The summed E-state index contributed by atoms with van der Waals surface area (Å²) in [7, 11) is 1.54. The zero-order chi connectivity index (χ0) is 26.4. The summed E-state index contributed by atoms with van der Waals surface area (Å²) >= 11 is 0. The summed E-state index contributed by atoms with van der Waals surface area (Å²) in [5.74, 6) is -1.43. The monoisotopic (exact) mass is 493 g/mol. The molecule has 1 aliphatic heterocycles. The molecule has 9 heteroatoms. The Kier molecular flexibility index (Phi) is 6.26. The summed E-state index contributed by atoms with van der Waals surface area (Å²) in [6.07, 6.45) is 1.18. The van der Waals surface area contributed by atoms with Crippen molar-refractivity contribution < 1.29 is 38.8 Å². The Morgan fingerprint density at radius 1 is 1.11 bits per heavy atom. The number of methoxy groups -OCH3 is 1. The van der Waals surface area contributed by atoms with E-state index >= 15 is 0 Å². The molecule has 1 heterocycles. The Bertz CT molecular complexity index is 1370. The molecule has 4 rings (SSSR count). The quantitative estimate of drug-likeness (QED) is 0.230. The van der Waals surface area contributed by atoms with Gasteiger partial charge in [-0.25, -0.2) is 0 Å². The highest BCUT2D eigenvalue weighted by Gasteiger charge is 2.56. The number of ketones is 3. The predicted molar refractivity (Wildman–Crippen MR) is 130 cm³/mol. The van der Waals surface area contributed by atoms with Gasteiger partial charge in [-0.1, -0.05) is 12.1 Å². The molecule has 0 amide bonds. The first-order valence-electron chi connectivity index (χ1n) is 11.3. The van der Waals surface area contributed by atoms with Crippen molar-refractivity contribution in [3.8, 4) is 28.7 Å². The van der Waals surface area contributed by atoms with Crippen molar-refractivity contribution in [1.29, 1.82) is 0 Å². The molecule has 0 spiro atoms. The highest BCUT2D eigenvalue weighted by atomic mass is 16.5. The normalized spacial score (nSPS) is 19.6. The molecule has 188 valence electrons. The van der Waals surface area contributed by atoms with E-state index in [1.807, 2.05) is 12.1 Å². The molecular weight excluding hydrogens is 466 g/mol. The summed E-state index contributed by atoms with van der Waals surface area (Å²) < 4.78 is 16.8. The number of allylic oxidation sites excluding steroid dienone is 4. The molecule has 1 aliphatic carbocycles. The number of carbonyl (C=O) groups excluding carboxylic acids is 3. The summed E-state index contributed by atoms with van der Waals surface area (Å²) in [6.45, 7) is 6.34. The van der Waals surface area contributed by atoms with Gasteiger partial charge in [0.2, 0.25) is 0 Å². The van der Waals surface area contributed by atoms with Gasteiger partial charge >= 0.3 is 0 Å². The number of aromatic hydroxyl groups is 2. The highest BCUT2D eigenvalue weighted by molar-refractivity contribution is 6.31. The maximum Gasteiger partial charge on any atom is 0.194 e. The third-order valence-corrected chi connectivity index (χ3v) is 6.58. The molecule has 1 atom stereocenters. The minimum absolute atomic E-state index is 0.00800. The second-order valence-corrected chi connectivity index (χ2v) is 8.81. The molecule has 0 radical (unpaired) electrons. The maximum atomic E-state index is 13.8. The van der Waals surface area contributed by atoms with E-state index in [0.717, 1.165) is 0 Å². The van der Waals surface area contributed by atoms with Crippen molar-refractivity contribution in [2.45, 2.75) is 33.1 Å². The Morgan fingerprint density at radius 2 is 1.78 bits per heavy atom. The van der Waals surface area contributed by atoms with E-state index in [4.69, 9.17) is 14.2 Å². The van der Waals surface area contributed by atoms with E-state index in [0.29, 0.717) is 23.7 Å². The van der Waals surface area contributed by atoms with Crippen molar-refractivity contribution in [3.05, 3.63) is 64.1 Å². The lowest BCUT2D eigenvalue weighted by Crippen LogP contribution is -2.41. The number of para-hydroxylation sites is 2. The van der Waals surface area contributed by atoms with Crippen LogP contribution in [0, 0.1) is 6.92 Å². The molecule has 2 aliphatic rings. The van der Waals surface area contributed by atoms with Crippen LogP contribution >= 0.6 is 0 Å². The van der Waals surface area contributed by atoms with Gasteiger partial charge in [-0.2, -0.15) is 0 Å². The van der Waals surface area contributed by atoms with Crippen molar-refractivity contribution in [2.75, 3.05) is 20.3 Å². The SMILES string of the molecule is COc1ccccc1OCCN/C(C)=C1\C(=O)C=C2Oc3c(C(C)=O)c(O)c(C)c(O)c3[C@]2(C)C1=O. The fraction of sp³-hybridized carbons (Fsp3) is 0.296. The third-order valence-electron chi connectivity index (χ3n) is 6.58. The molecule has 3 N–H and O–H groups in total. The van der Waals surface area contributed by atoms with Gasteiger partial charge in [0.25, 0.3) is 0 Å². The molecule has 2 aromatic carbocycles. The second-order valence-electron chi connectivity index (χ2n) is 8.81. The summed E-state index contributed by atoms with van der Waals surface area (Å²) in [5, 5.41) is 24.4. The Morgan fingerprint density at radius 3 is 2.42 bits per heavy atom. The first-order valence-corrected chi connectivity index (χ1v) is 11.3. The van der Waals surface area contributed by atoms with E-state index in [1.54, 1.807) is 26.2 Å². The minimum Gasteiger partial charge on any atom is -0.507 e. The number of fused-ring (bicyclic) bond motifs is 3. The zero-order valence-corrected chi connectivity index (χ0v) is 20.6. The smallest absolute Gasteiger partial charge is 0.194 e. The van der Waals surface area contributed by atoms with Crippen LogP contribution in [0.15, 0.2) is 47.4 Å². The standard InChI is InChI=1S/C27H27NO8/c1-13-23(31)21(15(3)29)25-22(24(13)32)27(4)19(36-25)12-16(30)20(26(27)33)14(2)28-10-11-35-18-9-7-6-8-17(18)34-5/h6-9,12,28,31-32H,10-11H2,1-5H3/b20-14+/t27-/m1/s1. The zero-order valence-electron chi connectivity index (χ0n) is 20.6. The van der Waals surface area contributed by atoms with Gasteiger partial charge in [-0.3, -0.25) is 14.4 Å². The van der Waals surface area contributed by atoms with Crippen molar-refractivity contribution >= 4 is 17.3 Å². The van der Waals surface area contributed by atoms with Gasteiger partial charge in [-0.05, 0) is 39.8 Å². The molecular formula is C27H27NO8. The Labute approximate surface area is 208 Å². The van der Waals surface area contributed by atoms with Crippen LogP contribution in [0.4, 0.5) is 0 Å². The molecule has 0 aromatic heterocycles. The summed E-state index contributed by atoms with van der Waals surface area (Å²) in [6, 6.07) is 7.19. The molecule has 0 fully saturated rings. The van der Waals surface area contributed by atoms with Crippen LogP contribution in [-0.4, -0.2) is 47.8 Å². The van der Waals surface area contributed by atoms with Crippen molar-refractivity contribution in [3.63, 3.8) is 0 Å². The number of hydrogen-bond acceptors (Lipinski definition) is 9. The maximum absolute atomic E-state index is 13.8. The average molecular weight is 494 g/mol. The van der Waals surface area contributed by atoms with E-state index in [1.165, 1.54) is 26.8 Å². The first-order chi connectivity index (χ1) is 17.0. The Hall–Kier alpha value is -4.27. The summed E-state index contributed by atoms with van der Waals surface area (Å²) in [4.78, 5) is 39.0. The van der Waals surface area contributed by atoms with Crippen LogP contribution < -0.4 is 19.5 Å². The van der Waals surface area contributed by atoms with Crippen LogP contribution in [0.3, 0.4) is 0 Å². The number of benzene rings is 2. The van der Waals surface area contributed by atoms with Crippen LogP contribution in [0.25, 0.3) is 0 Å². The van der Waals surface area contributed by atoms with Crippen LogP contribution in [0.2, 0.25) is 0 Å². The van der Waals surface area contributed by atoms with Gasteiger partial charge in [0.1, 0.15) is 40.6 Å². The van der Waals surface area contributed by atoms with Crippen molar-refractivity contribution in [2.24, 2.45) is 0 Å². The van der Waals surface area contributed by atoms with Crippen molar-refractivity contribution in [1.82, 2.24) is 5.32 Å². The van der Waals surface area contributed by atoms with Crippen LogP contribution in [0.5, 0.6) is 28.7 Å². The molecule has 0 bridgehead atoms. The Balaban J connectivity index is 1.65. The summed E-state index contributed by atoms with van der Waals surface area (Å²) in [5.41, 5.74) is -1.36. The molecule has 36 heavy (non-hydrogen) atoms. The van der Waals surface area contributed by atoms with Gasteiger partial charge in [0.15, 0.2) is 28.8 Å². The fourth-order valence-electron chi connectivity index (χ4n) is 4.59. The van der Waals surface area contributed by atoms with E-state index in [-0.39, 0.29) is 46.1 Å². The van der Waals surface area contributed by atoms with Gasteiger partial charge in [0.05, 0.1) is 18.2 Å². The fourth-order valence-corrected chi connectivity index (χ4v) is 4.59. The molecule has 0 unspecified atom stereocenters. The third kappa shape index (κ3) is 3.67. The van der Waals surface area contributed by atoms with Gasteiger partial charge < -0.3 is 29.7 Å². The number of ether oxygens (including phenoxy) is 3. The first kappa shape index (κ1) is 24.8. The van der Waals surface area contributed by atoms with Crippen LogP contribution in [0.1, 0.15) is 42.3 Å². The molecule has 2 aromatic rings. The second kappa shape index (κ2) is 9.07. The predicted octanol–water partition coefficient (Wildman–Crippen LogP) is 3.25. The molecule has 0 saturated heterocycles. The topological polar surface area (TPSA) is 131 Å². The van der Waals surface area contributed by atoms with E-state index in [2.05, 4.69) is 5.32 Å². The molecule has 0 saturated carbocycles. The number of nitrogens with one attached hydrogen (secondary N) is 1. The van der Waals surface area contributed by atoms with Gasteiger partial charge in [-0.15, -0.1) is 0 Å². The minimum atomic E-state index is -1.55. The number of phenolic OH excluding ortho intramolecular Hbond substituents is 2. The lowest BCUT2D eigenvalue weighted by Gasteiger charge is -2.29. The van der Waals surface area contributed by atoms with Crippen LogP contribution in [-0.2, 0) is 15.0 Å². The lowest BCUT2D eigenvalue weighted by atomic mass is 9.70. The largest absolute Gasteiger partial charge is 0.507 e. The average Bonchev–Trinajstić information content (AvgIpc) is 3.13.